The van der Waals surface area contributed by atoms with E-state index >= 15 is 0 Å². The van der Waals surface area contributed by atoms with Crippen molar-refractivity contribution in [2.75, 3.05) is 13.6 Å². The van der Waals surface area contributed by atoms with E-state index in [9.17, 15) is 4.79 Å². The number of carbonyl (C=O) groups is 1. The minimum atomic E-state index is -0.326. The number of para-hydroxylation sites is 1. The van der Waals surface area contributed by atoms with Crippen molar-refractivity contribution in [2.45, 2.75) is 32.9 Å². The van der Waals surface area contributed by atoms with Crippen LogP contribution in [0.5, 0.6) is 0 Å². The van der Waals surface area contributed by atoms with Gasteiger partial charge in [0.2, 0.25) is 5.91 Å². The van der Waals surface area contributed by atoms with Crippen LogP contribution in [0.25, 0.3) is 11.0 Å². The Morgan fingerprint density at radius 3 is 2.42 bits per heavy atom. The molecular formula is C22H26N2O2. The molecule has 1 heterocycles. The van der Waals surface area contributed by atoms with Crippen LogP contribution in [-0.4, -0.2) is 24.4 Å². The SMILES string of the molecule is CCN(C)C(C(=O)NC(C)c1oc2ccccc2c1C)c1ccccc1. The number of carbonyl (C=O) groups excluding carboxylic acids is 1. The summed E-state index contributed by atoms with van der Waals surface area (Å²) in [5, 5.41) is 4.23. The Morgan fingerprint density at radius 2 is 1.77 bits per heavy atom. The number of nitrogens with zero attached hydrogens (tertiary/aromatic N) is 1. The van der Waals surface area contributed by atoms with E-state index in [0.717, 1.165) is 34.4 Å². The lowest BCUT2D eigenvalue weighted by atomic mass is 10.0. The van der Waals surface area contributed by atoms with Crippen LogP contribution < -0.4 is 5.32 Å². The first-order valence-corrected chi connectivity index (χ1v) is 9.06. The zero-order chi connectivity index (χ0) is 18.7. The minimum Gasteiger partial charge on any atom is -0.459 e. The number of hydrogen-bond donors (Lipinski definition) is 1. The van der Waals surface area contributed by atoms with Crippen LogP contribution >= 0.6 is 0 Å². The van der Waals surface area contributed by atoms with Crippen LogP contribution in [0.15, 0.2) is 59.0 Å². The Kier molecular flexibility index (Phi) is 5.43. The summed E-state index contributed by atoms with van der Waals surface area (Å²) >= 11 is 0. The summed E-state index contributed by atoms with van der Waals surface area (Å²) < 4.78 is 6.01. The van der Waals surface area contributed by atoms with E-state index in [1.807, 2.05) is 80.4 Å². The number of likely N-dealkylation sites (N-methyl/N-ethyl adjacent to an activating group) is 1. The first kappa shape index (κ1) is 18.2. The summed E-state index contributed by atoms with van der Waals surface area (Å²) in [4.78, 5) is 15.1. The Morgan fingerprint density at radius 1 is 1.12 bits per heavy atom. The van der Waals surface area contributed by atoms with Crippen molar-refractivity contribution in [1.82, 2.24) is 10.2 Å². The van der Waals surface area contributed by atoms with Crippen molar-refractivity contribution in [3.63, 3.8) is 0 Å². The number of fused-ring (bicyclic) bond motifs is 1. The molecule has 2 unspecified atom stereocenters. The van der Waals surface area contributed by atoms with Crippen molar-refractivity contribution in [2.24, 2.45) is 0 Å². The molecule has 1 aromatic heterocycles. The number of hydrogen-bond acceptors (Lipinski definition) is 3. The average Bonchev–Trinajstić information content (AvgIpc) is 3.00. The van der Waals surface area contributed by atoms with Crippen LogP contribution in [0.2, 0.25) is 0 Å². The quantitative estimate of drug-likeness (QED) is 0.706. The zero-order valence-electron chi connectivity index (χ0n) is 15.8. The Labute approximate surface area is 154 Å². The fraction of sp³-hybridized carbons (Fsp3) is 0.318. The van der Waals surface area contributed by atoms with Gasteiger partial charge in [-0.3, -0.25) is 9.69 Å². The van der Waals surface area contributed by atoms with Gasteiger partial charge in [0.15, 0.2) is 0 Å². The fourth-order valence-electron chi connectivity index (χ4n) is 3.39. The Balaban J connectivity index is 1.85. The second-order valence-corrected chi connectivity index (χ2v) is 6.70. The molecule has 1 N–H and O–H groups in total. The number of nitrogens with one attached hydrogen (secondary N) is 1. The van der Waals surface area contributed by atoms with Gasteiger partial charge in [0, 0.05) is 10.9 Å². The Hall–Kier alpha value is -2.59. The molecule has 3 aromatic rings. The predicted molar refractivity (Wildman–Crippen MR) is 105 cm³/mol. The molecule has 1 amide bonds. The normalized spacial score (nSPS) is 13.7. The van der Waals surface area contributed by atoms with E-state index < -0.39 is 0 Å². The first-order valence-electron chi connectivity index (χ1n) is 9.06. The van der Waals surface area contributed by atoms with Crippen LogP contribution in [0.4, 0.5) is 0 Å². The Bertz CT molecular complexity index is 886. The summed E-state index contributed by atoms with van der Waals surface area (Å²) in [6.45, 7) is 6.84. The van der Waals surface area contributed by atoms with Gasteiger partial charge in [0.25, 0.3) is 0 Å². The molecule has 0 bridgehead atoms. The molecule has 4 heteroatoms. The summed E-state index contributed by atoms with van der Waals surface area (Å²) in [7, 11) is 1.97. The fourth-order valence-corrected chi connectivity index (χ4v) is 3.39. The van der Waals surface area contributed by atoms with Gasteiger partial charge in [0.05, 0.1) is 6.04 Å². The second-order valence-electron chi connectivity index (χ2n) is 6.70. The van der Waals surface area contributed by atoms with E-state index in [4.69, 9.17) is 4.42 Å². The lowest BCUT2D eigenvalue weighted by Gasteiger charge is -2.27. The molecule has 0 spiro atoms. The lowest BCUT2D eigenvalue weighted by Crippen LogP contribution is -2.39. The van der Waals surface area contributed by atoms with Crippen molar-refractivity contribution >= 4 is 16.9 Å². The molecule has 2 aromatic carbocycles. The molecule has 4 nitrogen and oxygen atoms in total. The molecule has 0 aliphatic heterocycles. The number of furan rings is 1. The van der Waals surface area contributed by atoms with Gasteiger partial charge in [-0.25, -0.2) is 0 Å². The largest absolute Gasteiger partial charge is 0.459 e. The highest BCUT2D eigenvalue weighted by atomic mass is 16.3. The first-order chi connectivity index (χ1) is 12.5. The summed E-state index contributed by atoms with van der Waals surface area (Å²) in [6, 6.07) is 17.3. The van der Waals surface area contributed by atoms with E-state index in [1.165, 1.54) is 0 Å². The minimum absolute atomic E-state index is 0.0205. The van der Waals surface area contributed by atoms with Crippen molar-refractivity contribution < 1.29 is 9.21 Å². The maximum absolute atomic E-state index is 13.1. The van der Waals surface area contributed by atoms with Gasteiger partial charge < -0.3 is 9.73 Å². The van der Waals surface area contributed by atoms with Gasteiger partial charge in [-0.1, -0.05) is 55.5 Å². The van der Waals surface area contributed by atoms with Crippen molar-refractivity contribution in [3.05, 3.63) is 71.5 Å². The summed E-state index contributed by atoms with van der Waals surface area (Å²) in [5.74, 6) is 0.790. The van der Waals surface area contributed by atoms with Gasteiger partial charge in [-0.05, 0) is 39.1 Å². The highest BCUT2D eigenvalue weighted by Crippen LogP contribution is 2.30. The van der Waals surface area contributed by atoms with Gasteiger partial charge in [-0.15, -0.1) is 0 Å². The molecule has 0 fully saturated rings. The third-order valence-electron chi connectivity index (χ3n) is 4.94. The van der Waals surface area contributed by atoms with Crippen LogP contribution in [0.3, 0.4) is 0 Å². The third kappa shape index (κ3) is 3.51. The molecule has 0 radical (unpaired) electrons. The number of benzene rings is 2. The molecular weight excluding hydrogens is 324 g/mol. The van der Waals surface area contributed by atoms with Gasteiger partial charge >= 0.3 is 0 Å². The number of aryl methyl sites for hydroxylation is 1. The van der Waals surface area contributed by atoms with E-state index in [1.54, 1.807) is 0 Å². The van der Waals surface area contributed by atoms with Gasteiger partial charge in [0.1, 0.15) is 17.4 Å². The molecule has 0 saturated heterocycles. The monoisotopic (exact) mass is 350 g/mol. The second kappa shape index (κ2) is 7.75. The maximum atomic E-state index is 13.1. The third-order valence-corrected chi connectivity index (χ3v) is 4.94. The molecule has 3 rings (SSSR count). The average molecular weight is 350 g/mol. The zero-order valence-corrected chi connectivity index (χ0v) is 15.8. The number of rotatable bonds is 6. The highest BCUT2D eigenvalue weighted by Gasteiger charge is 2.27. The van der Waals surface area contributed by atoms with Crippen molar-refractivity contribution in [3.8, 4) is 0 Å². The van der Waals surface area contributed by atoms with E-state index in [-0.39, 0.29) is 18.0 Å². The van der Waals surface area contributed by atoms with Gasteiger partial charge in [-0.2, -0.15) is 0 Å². The van der Waals surface area contributed by atoms with E-state index in [2.05, 4.69) is 12.2 Å². The van der Waals surface area contributed by atoms with Crippen LogP contribution in [-0.2, 0) is 4.79 Å². The molecule has 136 valence electrons. The predicted octanol–water partition coefficient (Wildman–Crippen LogP) is 4.61. The standard InChI is InChI=1S/C22H26N2O2/c1-5-24(4)20(17-11-7-6-8-12-17)22(25)23-16(3)21-15(2)18-13-9-10-14-19(18)26-21/h6-14,16,20H,5H2,1-4H3,(H,23,25). The van der Waals surface area contributed by atoms with Crippen LogP contribution in [0.1, 0.15) is 42.8 Å². The van der Waals surface area contributed by atoms with Crippen LogP contribution in [0, 0.1) is 6.92 Å². The highest BCUT2D eigenvalue weighted by molar-refractivity contribution is 5.85. The molecule has 26 heavy (non-hydrogen) atoms. The summed E-state index contributed by atoms with van der Waals surface area (Å²) in [5.41, 5.74) is 2.92. The molecule has 2 atom stereocenters. The topological polar surface area (TPSA) is 45.5 Å². The number of amides is 1. The molecule has 0 aliphatic carbocycles. The molecule has 0 saturated carbocycles. The van der Waals surface area contributed by atoms with Crippen molar-refractivity contribution in [1.29, 1.82) is 0 Å². The smallest absolute Gasteiger partial charge is 0.242 e. The maximum Gasteiger partial charge on any atom is 0.242 e. The molecule has 0 aliphatic rings. The lowest BCUT2D eigenvalue weighted by molar-refractivity contribution is -0.127. The van der Waals surface area contributed by atoms with E-state index in [0.29, 0.717) is 0 Å². The summed E-state index contributed by atoms with van der Waals surface area (Å²) in [6.07, 6.45) is 0.